The van der Waals surface area contributed by atoms with Gasteiger partial charge in [-0.25, -0.2) is 0 Å². The third-order valence-corrected chi connectivity index (χ3v) is 3.98. The van der Waals surface area contributed by atoms with Gasteiger partial charge in [0.05, 0.1) is 5.56 Å². The van der Waals surface area contributed by atoms with Gasteiger partial charge in [0, 0.05) is 24.8 Å². The van der Waals surface area contributed by atoms with Crippen LogP contribution in [0.15, 0.2) is 42.5 Å². The van der Waals surface area contributed by atoms with Crippen LogP contribution < -0.4 is 15.4 Å². The molecule has 0 spiro atoms. The molecule has 0 unspecified atom stereocenters. The molecule has 2 rings (SSSR count). The molecule has 0 saturated carbocycles. The molecule has 0 radical (unpaired) electrons. The van der Waals surface area contributed by atoms with Crippen LogP contribution in [-0.4, -0.2) is 51.0 Å². The quantitative estimate of drug-likeness (QED) is 0.801. The lowest BCUT2D eigenvalue weighted by atomic mass is 10.1. The molecule has 0 bridgehead atoms. The van der Waals surface area contributed by atoms with Crippen molar-refractivity contribution in [1.29, 1.82) is 0 Å². The number of carbonyl (C=O) groups excluding carboxylic acids is 2. The molecule has 6 nitrogen and oxygen atoms in total. The number of carbonyl (C=O) groups is 2. The lowest BCUT2D eigenvalue weighted by molar-refractivity contribution is 0.0960. The van der Waals surface area contributed by atoms with E-state index in [1.54, 1.807) is 50.4 Å². The molecule has 2 amide bonds. The van der Waals surface area contributed by atoms with E-state index in [0.29, 0.717) is 34.7 Å². The first-order valence-corrected chi connectivity index (χ1v) is 8.43. The van der Waals surface area contributed by atoms with Gasteiger partial charge in [0.2, 0.25) is 0 Å². The van der Waals surface area contributed by atoms with Crippen molar-refractivity contribution >= 4 is 17.5 Å². The van der Waals surface area contributed by atoms with Gasteiger partial charge in [-0.3, -0.25) is 9.59 Å². The van der Waals surface area contributed by atoms with Crippen molar-refractivity contribution in [1.82, 2.24) is 10.2 Å². The van der Waals surface area contributed by atoms with Crippen LogP contribution in [0.25, 0.3) is 0 Å². The molecule has 0 aliphatic heterocycles. The zero-order valence-electron chi connectivity index (χ0n) is 15.6. The van der Waals surface area contributed by atoms with E-state index >= 15 is 0 Å². The number of anilines is 1. The predicted octanol–water partition coefficient (Wildman–Crippen LogP) is 2.55. The van der Waals surface area contributed by atoms with E-state index in [1.807, 2.05) is 25.1 Å². The van der Waals surface area contributed by atoms with Crippen molar-refractivity contribution in [3.8, 4) is 5.75 Å². The highest BCUT2D eigenvalue weighted by Crippen LogP contribution is 2.23. The molecule has 0 fully saturated rings. The van der Waals surface area contributed by atoms with E-state index in [1.165, 1.54) is 0 Å². The summed E-state index contributed by atoms with van der Waals surface area (Å²) < 4.78 is 5.75. The minimum Gasteiger partial charge on any atom is -0.491 e. The number of para-hydroxylation sites is 1. The largest absolute Gasteiger partial charge is 0.491 e. The van der Waals surface area contributed by atoms with Crippen LogP contribution in [0.5, 0.6) is 5.75 Å². The second-order valence-electron chi connectivity index (χ2n) is 6.16. The van der Waals surface area contributed by atoms with Crippen LogP contribution >= 0.6 is 0 Å². The van der Waals surface area contributed by atoms with Gasteiger partial charge in [-0.15, -0.1) is 0 Å². The highest BCUT2D eigenvalue weighted by Gasteiger charge is 2.16. The molecular weight excluding hydrogens is 330 g/mol. The Hall–Kier alpha value is -2.86. The Morgan fingerprint density at radius 1 is 1.00 bits per heavy atom. The van der Waals surface area contributed by atoms with E-state index in [4.69, 9.17) is 4.74 Å². The molecule has 2 aromatic rings. The summed E-state index contributed by atoms with van der Waals surface area (Å²) in [6.07, 6.45) is 0. The SMILES string of the molecule is CNC(=O)c1cccc(NC(=O)c2ccccc2OCCN(C)C)c1C. The lowest BCUT2D eigenvalue weighted by Gasteiger charge is -2.15. The summed E-state index contributed by atoms with van der Waals surface area (Å²) >= 11 is 0. The number of nitrogens with one attached hydrogen (secondary N) is 2. The molecule has 138 valence electrons. The number of benzene rings is 2. The maximum Gasteiger partial charge on any atom is 0.259 e. The average Bonchev–Trinajstić information content (AvgIpc) is 2.63. The predicted molar refractivity (Wildman–Crippen MR) is 103 cm³/mol. The Bertz CT molecular complexity index is 788. The van der Waals surface area contributed by atoms with Gasteiger partial charge < -0.3 is 20.3 Å². The zero-order valence-corrected chi connectivity index (χ0v) is 15.6. The molecule has 2 aromatic carbocycles. The zero-order chi connectivity index (χ0) is 19.1. The number of rotatable bonds is 7. The summed E-state index contributed by atoms with van der Waals surface area (Å²) in [7, 11) is 5.50. The van der Waals surface area contributed by atoms with E-state index in [9.17, 15) is 9.59 Å². The summed E-state index contributed by atoms with van der Waals surface area (Å²) in [5.74, 6) is 0.0700. The smallest absolute Gasteiger partial charge is 0.259 e. The molecule has 0 atom stereocenters. The Morgan fingerprint density at radius 3 is 2.38 bits per heavy atom. The van der Waals surface area contributed by atoms with E-state index in [2.05, 4.69) is 10.6 Å². The van der Waals surface area contributed by atoms with Crippen LogP contribution in [0, 0.1) is 6.92 Å². The topological polar surface area (TPSA) is 70.7 Å². The van der Waals surface area contributed by atoms with Crippen LogP contribution in [0.2, 0.25) is 0 Å². The number of ether oxygens (including phenoxy) is 1. The fourth-order valence-corrected chi connectivity index (χ4v) is 2.46. The van der Waals surface area contributed by atoms with Crippen molar-refractivity contribution < 1.29 is 14.3 Å². The van der Waals surface area contributed by atoms with Crippen molar-refractivity contribution in [2.24, 2.45) is 0 Å². The minimum absolute atomic E-state index is 0.189. The van der Waals surface area contributed by atoms with Crippen LogP contribution in [0.3, 0.4) is 0 Å². The molecule has 0 heterocycles. The van der Waals surface area contributed by atoms with Crippen molar-refractivity contribution in [3.05, 3.63) is 59.2 Å². The van der Waals surface area contributed by atoms with Crippen LogP contribution in [0.4, 0.5) is 5.69 Å². The number of likely N-dealkylation sites (N-methyl/N-ethyl adjacent to an activating group) is 1. The van der Waals surface area contributed by atoms with E-state index in [0.717, 1.165) is 6.54 Å². The van der Waals surface area contributed by atoms with Crippen molar-refractivity contribution in [2.75, 3.05) is 39.6 Å². The van der Waals surface area contributed by atoms with Gasteiger partial charge in [-0.2, -0.15) is 0 Å². The molecular formula is C20H25N3O3. The highest BCUT2D eigenvalue weighted by atomic mass is 16.5. The summed E-state index contributed by atoms with van der Waals surface area (Å²) in [4.78, 5) is 26.7. The summed E-state index contributed by atoms with van der Waals surface area (Å²) in [6.45, 7) is 3.05. The first kappa shape index (κ1) is 19.5. The average molecular weight is 355 g/mol. The maximum atomic E-state index is 12.7. The fourth-order valence-electron chi connectivity index (χ4n) is 2.46. The molecule has 6 heteroatoms. The fraction of sp³-hybridized carbons (Fsp3) is 0.300. The third kappa shape index (κ3) is 4.83. The van der Waals surface area contributed by atoms with E-state index < -0.39 is 0 Å². The Kier molecular flexibility index (Phi) is 6.74. The van der Waals surface area contributed by atoms with Crippen molar-refractivity contribution in [3.63, 3.8) is 0 Å². The Morgan fingerprint density at radius 2 is 1.69 bits per heavy atom. The van der Waals surface area contributed by atoms with Crippen LogP contribution in [0.1, 0.15) is 26.3 Å². The van der Waals surface area contributed by atoms with Gasteiger partial charge >= 0.3 is 0 Å². The number of hydrogen-bond acceptors (Lipinski definition) is 4. The van der Waals surface area contributed by atoms with Gasteiger partial charge in [-0.05, 0) is 50.8 Å². The standard InChI is InChI=1S/C20H25N3O3/c1-14-15(19(24)21-2)9-7-10-17(14)22-20(25)16-8-5-6-11-18(16)26-13-12-23(3)4/h5-11H,12-13H2,1-4H3,(H,21,24)(H,22,25). The molecule has 0 saturated heterocycles. The normalized spacial score (nSPS) is 10.5. The number of nitrogens with zero attached hydrogens (tertiary/aromatic N) is 1. The van der Waals surface area contributed by atoms with Gasteiger partial charge in [0.1, 0.15) is 12.4 Å². The van der Waals surface area contributed by atoms with Gasteiger partial charge in [0.25, 0.3) is 11.8 Å². The maximum absolute atomic E-state index is 12.7. The lowest BCUT2D eigenvalue weighted by Crippen LogP contribution is -2.21. The monoisotopic (exact) mass is 355 g/mol. The van der Waals surface area contributed by atoms with E-state index in [-0.39, 0.29) is 11.8 Å². The Balaban J connectivity index is 2.19. The van der Waals surface area contributed by atoms with Crippen LogP contribution in [-0.2, 0) is 0 Å². The van der Waals surface area contributed by atoms with Gasteiger partial charge in [-0.1, -0.05) is 18.2 Å². The summed E-state index contributed by atoms with van der Waals surface area (Å²) in [5.41, 5.74) is 2.29. The second kappa shape index (κ2) is 9.01. The van der Waals surface area contributed by atoms with Crippen molar-refractivity contribution in [2.45, 2.75) is 6.92 Å². The first-order chi connectivity index (χ1) is 12.4. The minimum atomic E-state index is -0.275. The summed E-state index contributed by atoms with van der Waals surface area (Å²) in [5, 5.41) is 5.48. The second-order valence-corrected chi connectivity index (χ2v) is 6.16. The molecule has 26 heavy (non-hydrogen) atoms. The number of hydrogen-bond donors (Lipinski definition) is 2. The highest BCUT2D eigenvalue weighted by molar-refractivity contribution is 6.07. The third-order valence-electron chi connectivity index (χ3n) is 3.98. The molecule has 0 aliphatic carbocycles. The summed E-state index contributed by atoms with van der Waals surface area (Å²) in [6, 6.07) is 12.4. The molecule has 0 aromatic heterocycles. The molecule has 2 N–H and O–H groups in total. The Labute approximate surface area is 154 Å². The number of amides is 2. The van der Waals surface area contributed by atoms with Gasteiger partial charge in [0.15, 0.2) is 0 Å². The first-order valence-electron chi connectivity index (χ1n) is 8.43. The molecule has 0 aliphatic rings.